The van der Waals surface area contributed by atoms with E-state index in [1.165, 1.54) is 16.7 Å². The van der Waals surface area contributed by atoms with E-state index >= 15 is 0 Å². The third kappa shape index (κ3) is 8.10. The lowest BCUT2D eigenvalue weighted by Crippen LogP contribution is -2.20. The summed E-state index contributed by atoms with van der Waals surface area (Å²) >= 11 is 0. The predicted molar refractivity (Wildman–Crippen MR) is 148 cm³/mol. The number of anilines is 1. The molecule has 0 fully saturated rings. The summed E-state index contributed by atoms with van der Waals surface area (Å²) < 4.78 is 5.39. The summed E-state index contributed by atoms with van der Waals surface area (Å²) in [7, 11) is 0. The summed E-state index contributed by atoms with van der Waals surface area (Å²) in [6, 6.07) is 20.9. The van der Waals surface area contributed by atoms with E-state index in [9.17, 15) is 4.79 Å². The highest BCUT2D eigenvalue weighted by Gasteiger charge is 2.20. The molecule has 0 spiro atoms. The first-order valence-electron chi connectivity index (χ1n) is 12.8. The van der Waals surface area contributed by atoms with Crippen LogP contribution in [0.3, 0.4) is 0 Å². The van der Waals surface area contributed by atoms with Crippen LogP contribution in [0.15, 0.2) is 60.7 Å². The number of carbonyl (C=O) groups excluding carboxylic acids is 1. The second kappa shape index (κ2) is 11.7. The molecular weight excluding hydrogens is 432 g/mol. The van der Waals surface area contributed by atoms with E-state index in [4.69, 9.17) is 4.74 Å². The van der Waals surface area contributed by atoms with Gasteiger partial charge in [0.05, 0.1) is 12.3 Å². The van der Waals surface area contributed by atoms with Gasteiger partial charge in [0.15, 0.2) is 0 Å². The Labute approximate surface area is 211 Å². The molecule has 3 aromatic carbocycles. The molecule has 0 radical (unpaired) electrons. The van der Waals surface area contributed by atoms with E-state index in [2.05, 4.69) is 70.4 Å². The van der Waals surface area contributed by atoms with Gasteiger partial charge < -0.3 is 10.1 Å². The fourth-order valence-corrected chi connectivity index (χ4v) is 4.07. The molecule has 3 aromatic rings. The maximum atomic E-state index is 12.2. The number of hydrogen-bond acceptors (Lipinski definition) is 3. The zero-order chi connectivity index (χ0) is 25.5. The molecule has 0 aromatic heterocycles. The Morgan fingerprint density at radius 3 is 2.14 bits per heavy atom. The maximum Gasteiger partial charge on any atom is 0.411 e. The number of benzene rings is 3. The Morgan fingerprint density at radius 1 is 0.800 bits per heavy atom. The molecule has 35 heavy (non-hydrogen) atoms. The molecule has 1 amide bonds. The minimum Gasteiger partial charge on any atom is -0.449 e. The van der Waals surface area contributed by atoms with Crippen molar-refractivity contribution in [3.63, 3.8) is 0 Å². The van der Waals surface area contributed by atoms with Crippen LogP contribution in [0, 0.1) is 0 Å². The molecule has 2 N–H and O–H groups in total. The molecule has 0 saturated heterocycles. The number of nitrogens with one attached hydrogen (secondary N) is 2. The van der Waals surface area contributed by atoms with Crippen molar-refractivity contribution < 1.29 is 9.53 Å². The number of carbonyl (C=O) groups is 1. The highest BCUT2D eigenvalue weighted by molar-refractivity contribution is 6.00. The Kier molecular flexibility index (Phi) is 8.96. The lowest BCUT2D eigenvalue weighted by molar-refractivity contribution is 0.159. The van der Waals surface area contributed by atoms with Gasteiger partial charge in [-0.15, -0.1) is 0 Å². The third-order valence-corrected chi connectivity index (χ3v) is 6.31. The van der Waals surface area contributed by atoms with Crippen molar-refractivity contribution >= 4 is 22.6 Å². The number of rotatable bonds is 9. The molecule has 0 atom stereocenters. The highest BCUT2D eigenvalue weighted by atomic mass is 16.5. The maximum absolute atomic E-state index is 12.2. The number of hydrogen-bond donors (Lipinski definition) is 2. The van der Waals surface area contributed by atoms with Crippen molar-refractivity contribution in [2.75, 3.05) is 18.5 Å². The minimum atomic E-state index is -0.395. The molecular formula is C31H42N2O2. The van der Waals surface area contributed by atoms with Crippen LogP contribution in [0.4, 0.5) is 10.5 Å². The minimum absolute atomic E-state index is 0.135. The van der Waals surface area contributed by atoms with Crippen LogP contribution >= 0.6 is 0 Å². The van der Waals surface area contributed by atoms with Crippen molar-refractivity contribution in [1.29, 1.82) is 0 Å². The number of amides is 1. The van der Waals surface area contributed by atoms with Gasteiger partial charge in [0.25, 0.3) is 0 Å². The summed E-state index contributed by atoms with van der Waals surface area (Å²) in [5.74, 6) is 0. The topological polar surface area (TPSA) is 50.4 Å². The van der Waals surface area contributed by atoms with Crippen LogP contribution in [-0.4, -0.2) is 19.2 Å². The lowest BCUT2D eigenvalue weighted by atomic mass is 9.79. The molecule has 0 aliphatic heterocycles. The second-order valence-corrected chi connectivity index (χ2v) is 11.4. The average Bonchev–Trinajstić information content (AvgIpc) is 2.80. The molecule has 0 aliphatic rings. The number of fused-ring (bicyclic) bond motifs is 1. The van der Waals surface area contributed by atoms with Crippen molar-refractivity contribution in [1.82, 2.24) is 5.32 Å². The van der Waals surface area contributed by atoms with E-state index in [-0.39, 0.29) is 10.8 Å². The monoisotopic (exact) mass is 474 g/mol. The molecule has 4 nitrogen and oxygen atoms in total. The van der Waals surface area contributed by atoms with Crippen LogP contribution in [0.1, 0.15) is 77.5 Å². The van der Waals surface area contributed by atoms with Crippen LogP contribution in [-0.2, 0) is 22.1 Å². The summed E-state index contributed by atoms with van der Waals surface area (Å²) in [4.78, 5) is 12.2. The van der Waals surface area contributed by atoms with E-state index in [1.54, 1.807) is 0 Å². The van der Waals surface area contributed by atoms with Gasteiger partial charge in [0, 0.05) is 11.9 Å². The molecule has 0 heterocycles. The van der Waals surface area contributed by atoms with Crippen LogP contribution in [0.5, 0.6) is 0 Å². The van der Waals surface area contributed by atoms with Crippen molar-refractivity contribution in [2.24, 2.45) is 0 Å². The largest absolute Gasteiger partial charge is 0.449 e. The molecule has 0 bridgehead atoms. The zero-order valence-electron chi connectivity index (χ0n) is 22.3. The van der Waals surface area contributed by atoms with Crippen molar-refractivity contribution in [2.45, 2.75) is 78.2 Å². The van der Waals surface area contributed by atoms with Gasteiger partial charge >= 0.3 is 6.09 Å². The van der Waals surface area contributed by atoms with Gasteiger partial charge in [-0.05, 0) is 64.8 Å². The number of ether oxygens (including phenoxy) is 1. The quantitative estimate of drug-likeness (QED) is 0.309. The molecule has 4 heteroatoms. The third-order valence-electron chi connectivity index (χ3n) is 6.31. The fraction of sp³-hybridized carbons (Fsp3) is 0.452. The first-order valence-corrected chi connectivity index (χ1v) is 12.8. The molecule has 188 valence electrons. The van der Waals surface area contributed by atoms with Crippen molar-refractivity contribution in [3.05, 3.63) is 77.4 Å². The Morgan fingerprint density at radius 2 is 1.46 bits per heavy atom. The van der Waals surface area contributed by atoms with Crippen LogP contribution < -0.4 is 10.6 Å². The predicted octanol–water partition coefficient (Wildman–Crippen LogP) is 7.94. The SMILES string of the molecule is CC(C)(C)c1cc(CNCCCCCOC(=O)Nc2cccc3ccccc23)cc(C(C)(C)C)c1. The molecule has 0 aliphatic carbocycles. The second-order valence-electron chi connectivity index (χ2n) is 11.4. The lowest BCUT2D eigenvalue weighted by Gasteiger charge is -2.26. The van der Waals surface area contributed by atoms with Crippen molar-refractivity contribution in [3.8, 4) is 0 Å². The van der Waals surface area contributed by atoms with Gasteiger partial charge in [0.1, 0.15) is 0 Å². The van der Waals surface area contributed by atoms with E-state index in [0.717, 1.165) is 48.8 Å². The summed E-state index contributed by atoms with van der Waals surface area (Å²) in [5.41, 5.74) is 5.17. The average molecular weight is 475 g/mol. The standard InChI is InChI=1S/C31H42N2O2/c1-30(2,3)25-19-23(20-26(21-25)31(4,5)6)22-32-17-10-7-11-18-35-29(34)33-28-16-12-14-24-13-8-9-15-27(24)28/h8-9,12-16,19-21,32H,7,10-11,17-18,22H2,1-6H3,(H,33,34). The van der Waals surface area contributed by atoms with Gasteiger partial charge in [0.2, 0.25) is 0 Å². The summed E-state index contributed by atoms with van der Waals surface area (Å²) in [6.07, 6.45) is 2.54. The molecule has 0 unspecified atom stereocenters. The van der Waals surface area contributed by atoms with Gasteiger partial charge in [-0.25, -0.2) is 4.79 Å². The van der Waals surface area contributed by atoms with Gasteiger partial charge in [-0.2, -0.15) is 0 Å². The van der Waals surface area contributed by atoms with E-state index in [0.29, 0.717) is 6.61 Å². The normalized spacial score (nSPS) is 12.1. The number of unbranched alkanes of at least 4 members (excludes halogenated alkanes) is 2. The smallest absolute Gasteiger partial charge is 0.411 e. The van der Waals surface area contributed by atoms with E-state index in [1.807, 2.05) is 42.5 Å². The van der Waals surface area contributed by atoms with Gasteiger partial charge in [-0.1, -0.05) is 96.1 Å². The van der Waals surface area contributed by atoms with E-state index < -0.39 is 6.09 Å². The Hall–Kier alpha value is -2.85. The zero-order valence-corrected chi connectivity index (χ0v) is 22.3. The Balaban J connectivity index is 1.37. The van der Waals surface area contributed by atoms with Crippen LogP contribution in [0.2, 0.25) is 0 Å². The first kappa shape index (κ1) is 26.7. The summed E-state index contributed by atoms with van der Waals surface area (Å²) in [6.45, 7) is 15.9. The van der Waals surface area contributed by atoms with Crippen LogP contribution in [0.25, 0.3) is 10.8 Å². The van der Waals surface area contributed by atoms with Gasteiger partial charge in [-0.3, -0.25) is 5.32 Å². The summed E-state index contributed by atoms with van der Waals surface area (Å²) in [5, 5.41) is 8.57. The fourth-order valence-electron chi connectivity index (χ4n) is 4.07. The Bertz CT molecular complexity index is 1090. The first-order chi connectivity index (χ1) is 16.5. The molecule has 0 saturated carbocycles. The molecule has 3 rings (SSSR count). The highest BCUT2D eigenvalue weighted by Crippen LogP contribution is 2.30.